The Labute approximate surface area is 269 Å². The maximum Gasteiger partial charge on any atom is 0.418 e. The van der Waals surface area contributed by atoms with Crippen molar-refractivity contribution >= 4 is 34.7 Å². The number of carboxylic acid groups (broad SMARTS) is 1. The number of H-pyrrole nitrogens is 1. The number of aromatic amines is 1. The summed E-state index contributed by atoms with van der Waals surface area (Å²) in [5, 5.41) is 11.7. The van der Waals surface area contributed by atoms with Crippen LogP contribution in [0.2, 0.25) is 0 Å². The summed E-state index contributed by atoms with van der Waals surface area (Å²) in [6.07, 6.45) is 3.94. The van der Waals surface area contributed by atoms with Crippen LogP contribution < -0.4 is 10.2 Å². The van der Waals surface area contributed by atoms with Crippen LogP contribution in [-0.2, 0) is 22.1 Å². The second kappa shape index (κ2) is 12.9. The standard InChI is InChI=1S/C33H36F3N7O4/c1-43(17-32(18-47-2)10-3-4-11-32)25-15-23(21-14-22(33(34,35)36)27(38-16-21)20-6-7-20)39-29-28(25)40-31(41-29)42-30(46)24-13-19(9-12-37-24)5-8-26(44)45/h9,12-16,20H,3-8,10-11,17-18H2,1-2H3,(H,44,45)(H2,39,40,41,42,46). The zero-order valence-corrected chi connectivity index (χ0v) is 26.2. The van der Waals surface area contributed by atoms with Gasteiger partial charge in [-0.3, -0.25) is 24.9 Å². The zero-order valence-electron chi connectivity index (χ0n) is 26.2. The van der Waals surface area contributed by atoms with Crippen molar-refractivity contribution in [2.45, 2.75) is 63.5 Å². The molecule has 0 aromatic carbocycles. The summed E-state index contributed by atoms with van der Waals surface area (Å²) >= 11 is 0. The van der Waals surface area contributed by atoms with Gasteiger partial charge in [0.05, 0.1) is 29.2 Å². The van der Waals surface area contributed by atoms with Gasteiger partial charge in [-0.25, -0.2) is 4.98 Å². The SMILES string of the molecule is COCC1(CN(C)c2cc(-c3cnc(C4CC4)c(C(F)(F)F)c3)nc3nc(NC(=O)c4cc(CCC(=O)O)ccn4)[nH]c23)CCCC1. The largest absolute Gasteiger partial charge is 0.481 e. The molecule has 0 aliphatic heterocycles. The van der Waals surface area contributed by atoms with Gasteiger partial charge in [0, 0.05) is 56.4 Å². The Kier molecular flexibility index (Phi) is 8.88. The molecule has 0 saturated heterocycles. The summed E-state index contributed by atoms with van der Waals surface area (Å²) in [5.74, 6) is -1.64. The molecule has 2 fully saturated rings. The maximum absolute atomic E-state index is 14.1. The number of aryl methyl sites for hydroxylation is 1. The number of imidazole rings is 1. The highest BCUT2D eigenvalue weighted by Gasteiger charge is 2.40. The van der Waals surface area contributed by atoms with E-state index in [-0.39, 0.29) is 58.4 Å². The third kappa shape index (κ3) is 7.22. The molecule has 0 spiro atoms. The lowest BCUT2D eigenvalue weighted by Crippen LogP contribution is -2.37. The number of carboxylic acids is 1. The molecule has 0 radical (unpaired) electrons. The predicted molar refractivity (Wildman–Crippen MR) is 168 cm³/mol. The van der Waals surface area contributed by atoms with Crippen LogP contribution in [0.3, 0.4) is 0 Å². The molecule has 0 atom stereocenters. The van der Waals surface area contributed by atoms with Gasteiger partial charge in [0.2, 0.25) is 5.95 Å². The molecular formula is C33H36F3N7O4. The fourth-order valence-electron chi connectivity index (χ4n) is 6.55. The molecule has 47 heavy (non-hydrogen) atoms. The average molecular weight is 652 g/mol. The van der Waals surface area contributed by atoms with Crippen molar-refractivity contribution in [3.05, 3.63) is 59.2 Å². The van der Waals surface area contributed by atoms with Crippen molar-refractivity contribution in [1.29, 1.82) is 0 Å². The summed E-state index contributed by atoms with van der Waals surface area (Å²) in [7, 11) is 3.59. The monoisotopic (exact) mass is 651 g/mol. The minimum atomic E-state index is -4.57. The van der Waals surface area contributed by atoms with Gasteiger partial charge in [-0.05, 0) is 61.9 Å². The van der Waals surface area contributed by atoms with Crippen molar-refractivity contribution in [1.82, 2.24) is 24.9 Å². The number of amides is 1. The highest BCUT2D eigenvalue weighted by Crippen LogP contribution is 2.46. The zero-order chi connectivity index (χ0) is 33.3. The van der Waals surface area contributed by atoms with Crippen LogP contribution in [0, 0.1) is 5.41 Å². The number of nitrogens with one attached hydrogen (secondary N) is 2. The van der Waals surface area contributed by atoms with E-state index in [1.807, 2.05) is 11.9 Å². The van der Waals surface area contributed by atoms with Crippen LogP contribution >= 0.6 is 0 Å². The van der Waals surface area contributed by atoms with Gasteiger partial charge < -0.3 is 19.7 Å². The number of methoxy groups -OCH3 is 1. The normalized spacial score (nSPS) is 16.0. The van der Waals surface area contributed by atoms with E-state index >= 15 is 0 Å². The molecule has 6 rings (SSSR count). The number of ether oxygens (including phenoxy) is 1. The number of carbonyl (C=O) groups is 2. The Bertz CT molecular complexity index is 1800. The summed E-state index contributed by atoms with van der Waals surface area (Å²) < 4.78 is 48.0. The molecule has 4 aromatic heterocycles. The third-order valence-corrected chi connectivity index (χ3v) is 8.94. The van der Waals surface area contributed by atoms with Gasteiger partial charge in [0.25, 0.3) is 5.91 Å². The first kappa shape index (κ1) is 32.4. The lowest BCUT2D eigenvalue weighted by Gasteiger charge is -2.34. The van der Waals surface area contributed by atoms with Crippen LogP contribution in [0.5, 0.6) is 0 Å². The van der Waals surface area contributed by atoms with Crippen LogP contribution in [0.1, 0.15) is 78.2 Å². The molecule has 11 nitrogen and oxygen atoms in total. The van der Waals surface area contributed by atoms with Crippen LogP contribution in [0.4, 0.5) is 24.8 Å². The number of nitrogens with zero attached hydrogens (tertiary/aromatic N) is 5. The van der Waals surface area contributed by atoms with Gasteiger partial charge in [-0.1, -0.05) is 12.8 Å². The molecule has 1 amide bonds. The molecule has 4 aromatic rings. The van der Waals surface area contributed by atoms with E-state index in [1.165, 1.54) is 18.5 Å². The van der Waals surface area contributed by atoms with Gasteiger partial charge in [-0.15, -0.1) is 0 Å². The molecule has 4 heterocycles. The predicted octanol–water partition coefficient (Wildman–Crippen LogP) is 6.22. The Hall–Kier alpha value is -4.59. The van der Waals surface area contributed by atoms with Crippen molar-refractivity contribution in [3.63, 3.8) is 0 Å². The average Bonchev–Trinajstić information content (AvgIpc) is 3.65. The summed E-state index contributed by atoms with van der Waals surface area (Å²) in [5.41, 5.74) is 1.76. The van der Waals surface area contributed by atoms with Crippen molar-refractivity contribution < 1.29 is 32.6 Å². The second-order valence-electron chi connectivity index (χ2n) is 12.6. The van der Waals surface area contributed by atoms with Crippen molar-refractivity contribution in [3.8, 4) is 11.3 Å². The Morgan fingerprint density at radius 1 is 1.15 bits per heavy atom. The van der Waals surface area contributed by atoms with Gasteiger partial charge >= 0.3 is 12.1 Å². The van der Waals surface area contributed by atoms with Crippen LogP contribution in [0.15, 0.2) is 36.7 Å². The topological polar surface area (TPSA) is 146 Å². The Morgan fingerprint density at radius 2 is 1.91 bits per heavy atom. The highest BCUT2D eigenvalue weighted by atomic mass is 19.4. The fraction of sp³-hybridized carbons (Fsp3) is 0.455. The molecule has 248 valence electrons. The number of anilines is 2. The van der Waals surface area contributed by atoms with Crippen molar-refractivity contribution in [2.75, 3.05) is 37.5 Å². The first-order valence-electron chi connectivity index (χ1n) is 15.6. The third-order valence-electron chi connectivity index (χ3n) is 8.94. The maximum atomic E-state index is 14.1. The summed E-state index contributed by atoms with van der Waals surface area (Å²) in [6.45, 7) is 1.20. The minimum Gasteiger partial charge on any atom is -0.481 e. The van der Waals surface area contributed by atoms with Gasteiger partial charge in [0.15, 0.2) is 5.65 Å². The highest BCUT2D eigenvalue weighted by molar-refractivity contribution is 6.03. The Morgan fingerprint density at radius 3 is 2.60 bits per heavy atom. The minimum absolute atomic E-state index is 0.0628. The number of halogens is 3. The molecule has 2 aliphatic rings. The smallest absolute Gasteiger partial charge is 0.418 e. The number of alkyl halides is 3. The molecule has 3 N–H and O–H groups in total. The second-order valence-corrected chi connectivity index (χ2v) is 12.6. The first-order chi connectivity index (χ1) is 22.4. The van der Waals surface area contributed by atoms with Gasteiger partial charge in [-0.2, -0.15) is 18.2 Å². The van der Waals surface area contributed by atoms with E-state index in [0.717, 1.165) is 31.7 Å². The first-order valence-corrected chi connectivity index (χ1v) is 15.6. The van der Waals surface area contributed by atoms with E-state index < -0.39 is 23.6 Å². The lowest BCUT2D eigenvalue weighted by molar-refractivity contribution is -0.138. The van der Waals surface area contributed by atoms with E-state index in [4.69, 9.17) is 9.84 Å². The number of carbonyl (C=O) groups excluding carboxylic acids is 1. The summed E-state index contributed by atoms with van der Waals surface area (Å²) in [4.78, 5) is 46.8. The summed E-state index contributed by atoms with van der Waals surface area (Å²) in [6, 6.07) is 6.00. The van der Waals surface area contributed by atoms with E-state index in [1.54, 1.807) is 19.2 Å². The molecule has 2 saturated carbocycles. The number of pyridine rings is 3. The van der Waals surface area contributed by atoms with E-state index in [2.05, 4.69) is 30.2 Å². The number of hydrogen-bond acceptors (Lipinski definition) is 8. The lowest BCUT2D eigenvalue weighted by atomic mass is 9.86. The Balaban J connectivity index is 1.38. The van der Waals surface area contributed by atoms with Crippen LogP contribution in [-0.4, -0.2) is 69.2 Å². The molecule has 14 heteroatoms. The molecule has 2 aliphatic carbocycles. The number of aromatic nitrogens is 5. The fourth-order valence-corrected chi connectivity index (χ4v) is 6.55. The number of fused-ring (bicyclic) bond motifs is 1. The molecule has 0 unspecified atom stereocenters. The van der Waals surface area contributed by atoms with Gasteiger partial charge in [0.1, 0.15) is 11.2 Å². The number of rotatable bonds is 12. The van der Waals surface area contributed by atoms with E-state index in [0.29, 0.717) is 42.8 Å². The van der Waals surface area contributed by atoms with Crippen LogP contribution in [0.25, 0.3) is 22.4 Å². The quantitative estimate of drug-likeness (QED) is 0.162. The number of aliphatic carboxylic acids is 1. The molecular weight excluding hydrogens is 615 g/mol. The van der Waals surface area contributed by atoms with Crippen molar-refractivity contribution in [2.24, 2.45) is 5.41 Å². The number of hydrogen-bond donors (Lipinski definition) is 3. The molecule has 0 bridgehead atoms. The van der Waals surface area contributed by atoms with E-state index in [9.17, 15) is 22.8 Å².